The van der Waals surface area contributed by atoms with Gasteiger partial charge in [0.1, 0.15) is 11.8 Å². The van der Waals surface area contributed by atoms with Crippen molar-refractivity contribution in [3.05, 3.63) is 29.8 Å². The fraction of sp³-hybridized carbons (Fsp3) is 0.588. The van der Waals surface area contributed by atoms with Crippen molar-refractivity contribution in [2.45, 2.75) is 44.4 Å². The van der Waals surface area contributed by atoms with Crippen LogP contribution in [0, 0.1) is 0 Å². The number of likely N-dealkylation sites (N-methyl/N-ethyl adjacent to an activating group) is 1. The Kier molecular flexibility index (Phi) is 6.10. The van der Waals surface area contributed by atoms with Crippen LogP contribution in [0.1, 0.15) is 25.3 Å². The highest BCUT2D eigenvalue weighted by molar-refractivity contribution is 5.78. The molecule has 2 rings (SSSR count). The van der Waals surface area contributed by atoms with E-state index in [0.29, 0.717) is 13.0 Å². The molecule has 0 radical (unpaired) electrons. The van der Waals surface area contributed by atoms with Crippen molar-refractivity contribution in [3.8, 4) is 5.75 Å². The third-order valence-electron chi connectivity index (χ3n) is 4.17. The second kappa shape index (κ2) is 7.88. The Bertz CT molecular complexity index is 546. The average molecular weight is 344 g/mol. The van der Waals surface area contributed by atoms with Crippen molar-refractivity contribution in [1.29, 1.82) is 0 Å². The highest BCUT2D eigenvalue weighted by Gasteiger charge is 2.44. The Hall–Kier alpha value is -1.76. The fourth-order valence-corrected chi connectivity index (χ4v) is 3.01. The van der Waals surface area contributed by atoms with Crippen LogP contribution >= 0.6 is 0 Å². The maximum atomic E-state index is 12.8. The van der Waals surface area contributed by atoms with Gasteiger partial charge in [-0.15, -0.1) is 0 Å². The van der Waals surface area contributed by atoms with Gasteiger partial charge in [0.2, 0.25) is 5.91 Å². The zero-order chi connectivity index (χ0) is 17.7. The van der Waals surface area contributed by atoms with E-state index in [1.807, 2.05) is 19.1 Å². The van der Waals surface area contributed by atoms with Crippen LogP contribution in [0.5, 0.6) is 5.75 Å². The molecule has 1 amide bonds. The predicted molar refractivity (Wildman–Crippen MR) is 85.0 cm³/mol. The van der Waals surface area contributed by atoms with Gasteiger partial charge in [0.05, 0.1) is 13.0 Å². The van der Waals surface area contributed by atoms with E-state index in [0.717, 1.165) is 11.3 Å². The Labute approximate surface area is 140 Å². The van der Waals surface area contributed by atoms with Crippen molar-refractivity contribution in [1.82, 2.24) is 10.2 Å². The molecule has 0 bridgehead atoms. The molecule has 1 aromatic rings. The van der Waals surface area contributed by atoms with Crippen molar-refractivity contribution >= 4 is 5.91 Å². The minimum absolute atomic E-state index is 0.00794. The summed E-state index contributed by atoms with van der Waals surface area (Å²) in [5.74, 6) is 0.566. The van der Waals surface area contributed by atoms with Crippen molar-refractivity contribution in [3.63, 3.8) is 0 Å². The molecule has 2 atom stereocenters. The van der Waals surface area contributed by atoms with Crippen LogP contribution in [0.25, 0.3) is 0 Å². The van der Waals surface area contributed by atoms with Gasteiger partial charge in [-0.2, -0.15) is 13.2 Å². The number of likely N-dealkylation sites (tertiary alicyclic amines) is 1. The molecule has 0 aromatic heterocycles. The number of carbonyl (C=O) groups excluding carboxylic acids is 1. The minimum Gasteiger partial charge on any atom is -0.494 e. The van der Waals surface area contributed by atoms with E-state index in [1.54, 1.807) is 12.1 Å². The molecule has 1 fully saturated rings. The molecule has 1 aliphatic rings. The molecule has 24 heavy (non-hydrogen) atoms. The van der Waals surface area contributed by atoms with Gasteiger partial charge in [-0.1, -0.05) is 12.1 Å². The van der Waals surface area contributed by atoms with Gasteiger partial charge < -0.3 is 10.1 Å². The molecule has 1 aromatic carbocycles. The summed E-state index contributed by atoms with van der Waals surface area (Å²) in [6.45, 7) is 2.68. The quantitative estimate of drug-likeness (QED) is 0.893. The Morgan fingerprint density at radius 2 is 1.96 bits per heavy atom. The first-order valence-corrected chi connectivity index (χ1v) is 8.07. The summed E-state index contributed by atoms with van der Waals surface area (Å²) in [5, 5.41) is 2.83. The maximum Gasteiger partial charge on any atom is 0.404 e. The first-order chi connectivity index (χ1) is 11.3. The van der Waals surface area contributed by atoms with Gasteiger partial charge in [-0.3, -0.25) is 9.69 Å². The number of alkyl halides is 3. The molecule has 7 heteroatoms. The van der Waals surface area contributed by atoms with Crippen molar-refractivity contribution < 1.29 is 22.7 Å². The van der Waals surface area contributed by atoms with Crippen LogP contribution in [0.2, 0.25) is 0 Å². The number of ether oxygens (including phenoxy) is 1. The molecule has 0 unspecified atom stereocenters. The van der Waals surface area contributed by atoms with Gasteiger partial charge in [0.15, 0.2) is 0 Å². The second-order valence-electron chi connectivity index (χ2n) is 6.09. The Morgan fingerprint density at radius 3 is 2.50 bits per heavy atom. The topological polar surface area (TPSA) is 41.6 Å². The van der Waals surface area contributed by atoms with Crippen LogP contribution in [0.3, 0.4) is 0 Å². The normalized spacial score (nSPS) is 22.2. The third-order valence-corrected chi connectivity index (χ3v) is 4.17. The Balaban J connectivity index is 1.83. The van der Waals surface area contributed by atoms with Crippen LogP contribution in [-0.2, 0) is 11.2 Å². The van der Waals surface area contributed by atoms with Crippen LogP contribution in [0.15, 0.2) is 24.3 Å². The zero-order valence-corrected chi connectivity index (χ0v) is 13.9. The molecule has 1 saturated heterocycles. The number of halogens is 3. The lowest BCUT2D eigenvalue weighted by Crippen LogP contribution is -2.54. The third kappa shape index (κ3) is 5.12. The fourth-order valence-electron chi connectivity index (χ4n) is 3.01. The zero-order valence-electron chi connectivity index (χ0n) is 13.9. The van der Waals surface area contributed by atoms with Crippen LogP contribution in [-0.4, -0.2) is 49.3 Å². The number of benzene rings is 1. The smallest absolute Gasteiger partial charge is 0.404 e. The summed E-state index contributed by atoms with van der Waals surface area (Å²) in [6.07, 6.45) is -3.67. The lowest BCUT2D eigenvalue weighted by Gasteiger charge is -2.38. The molecule has 4 nitrogen and oxygen atoms in total. The molecule has 1 aliphatic heterocycles. The number of hydrogen-bond donors (Lipinski definition) is 1. The first kappa shape index (κ1) is 18.6. The van der Waals surface area contributed by atoms with E-state index in [9.17, 15) is 18.0 Å². The SMILES string of the molecule is CCOc1ccc(CC(=O)N[C@H]2CC[C@@H](C(F)(F)F)N(C)C2)cc1. The maximum absolute atomic E-state index is 12.8. The second-order valence-corrected chi connectivity index (χ2v) is 6.09. The lowest BCUT2D eigenvalue weighted by molar-refractivity contribution is -0.188. The average Bonchev–Trinajstić information content (AvgIpc) is 2.48. The van der Waals surface area contributed by atoms with E-state index in [4.69, 9.17) is 4.74 Å². The molecule has 0 spiro atoms. The predicted octanol–water partition coefficient (Wildman–Crippen LogP) is 2.77. The summed E-state index contributed by atoms with van der Waals surface area (Å²) in [5.41, 5.74) is 0.841. The van der Waals surface area contributed by atoms with Gasteiger partial charge in [0.25, 0.3) is 0 Å². The molecular weight excluding hydrogens is 321 g/mol. The van der Waals surface area contributed by atoms with Gasteiger partial charge in [-0.25, -0.2) is 0 Å². The Morgan fingerprint density at radius 1 is 1.29 bits per heavy atom. The molecular formula is C17H23F3N2O2. The molecule has 134 valence electrons. The highest BCUT2D eigenvalue weighted by Crippen LogP contribution is 2.30. The van der Waals surface area contributed by atoms with E-state index in [2.05, 4.69) is 5.32 Å². The molecule has 0 saturated carbocycles. The van der Waals surface area contributed by atoms with E-state index in [1.165, 1.54) is 11.9 Å². The largest absolute Gasteiger partial charge is 0.494 e. The highest BCUT2D eigenvalue weighted by atomic mass is 19.4. The van der Waals surface area contributed by atoms with Gasteiger partial charge >= 0.3 is 6.18 Å². The van der Waals surface area contributed by atoms with Crippen LogP contribution in [0.4, 0.5) is 13.2 Å². The summed E-state index contributed by atoms with van der Waals surface area (Å²) < 4.78 is 43.8. The number of rotatable bonds is 5. The number of amides is 1. The molecule has 1 N–H and O–H groups in total. The van der Waals surface area contributed by atoms with Crippen LogP contribution < -0.4 is 10.1 Å². The van der Waals surface area contributed by atoms with E-state index < -0.39 is 12.2 Å². The molecule has 0 aliphatic carbocycles. The van der Waals surface area contributed by atoms with E-state index in [-0.39, 0.29) is 31.3 Å². The first-order valence-electron chi connectivity index (χ1n) is 8.07. The number of nitrogens with one attached hydrogen (secondary N) is 1. The monoisotopic (exact) mass is 344 g/mol. The number of nitrogens with zero attached hydrogens (tertiary/aromatic N) is 1. The number of carbonyl (C=O) groups is 1. The number of piperidine rings is 1. The minimum atomic E-state index is -4.22. The van der Waals surface area contributed by atoms with Gasteiger partial charge in [0, 0.05) is 12.6 Å². The summed E-state index contributed by atoms with van der Waals surface area (Å²) in [4.78, 5) is 13.4. The molecule has 1 heterocycles. The van der Waals surface area contributed by atoms with E-state index >= 15 is 0 Å². The van der Waals surface area contributed by atoms with Crippen molar-refractivity contribution in [2.24, 2.45) is 0 Å². The standard InChI is InChI=1S/C17H23F3N2O2/c1-3-24-14-7-4-12(5-8-14)10-16(23)21-13-6-9-15(17(18,19)20)22(2)11-13/h4-5,7-8,13,15H,3,6,9-11H2,1-2H3,(H,21,23)/t13-,15-/m0/s1. The summed E-state index contributed by atoms with van der Waals surface area (Å²) in [7, 11) is 1.45. The van der Waals surface area contributed by atoms with Crippen molar-refractivity contribution in [2.75, 3.05) is 20.2 Å². The number of hydrogen-bond acceptors (Lipinski definition) is 3. The summed E-state index contributed by atoms with van der Waals surface area (Å²) in [6, 6.07) is 5.57. The van der Waals surface area contributed by atoms with Gasteiger partial charge in [-0.05, 0) is 44.5 Å². The lowest BCUT2D eigenvalue weighted by atomic mass is 9.98. The summed E-state index contributed by atoms with van der Waals surface area (Å²) >= 11 is 0.